The zero-order valence-corrected chi connectivity index (χ0v) is 19.2. The Balaban J connectivity index is 0.000000735. The van der Waals surface area contributed by atoms with Crippen molar-refractivity contribution in [1.29, 1.82) is 0 Å². The number of Topliss-reactive ketones (excluding diaryl/α,β-unsaturated/α-hetero) is 1. The number of carbonyl (C=O) groups excluding carboxylic acids is 2. The van der Waals surface area contributed by atoms with Crippen LogP contribution in [0.5, 0.6) is 5.88 Å². The Morgan fingerprint density at radius 1 is 1.30 bits per heavy atom. The van der Waals surface area contributed by atoms with E-state index in [0.717, 1.165) is 18.0 Å². The Morgan fingerprint density at radius 3 is 2.63 bits per heavy atom. The van der Waals surface area contributed by atoms with Crippen LogP contribution in [0.15, 0.2) is 11.8 Å². The van der Waals surface area contributed by atoms with Gasteiger partial charge in [0.05, 0.1) is 31.5 Å². The van der Waals surface area contributed by atoms with Crippen LogP contribution < -0.4 is 4.74 Å². The number of methoxy groups -OCH3 is 1. The summed E-state index contributed by atoms with van der Waals surface area (Å²) in [5.41, 5.74) is 0.829. The van der Waals surface area contributed by atoms with Crippen LogP contribution in [-0.4, -0.2) is 59.9 Å². The van der Waals surface area contributed by atoms with Crippen molar-refractivity contribution in [3.8, 4) is 5.88 Å². The molecule has 0 aliphatic carbocycles. The average Bonchev–Trinajstić information content (AvgIpc) is 3.00. The van der Waals surface area contributed by atoms with E-state index in [1.807, 2.05) is 4.90 Å². The van der Waals surface area contributed by atoms with Gasteiger partial charge in [-0.1, -0.05) is 32.4 Å². The third-order valence-electron chi connectivity index (χ3n) is 4.39. The van der Waals surface area contributed by atoms with E-state index in [-0.39, 0.29) is 30.4 Å². The van der Waals surface area contributed by atoms with Gasteiger partial charge in [0.15, 0.2) is 5.78 Å². The molecule has 0 aromatic carbocycles. The van der Waals surface area contributed by atoms with E-state index in [1.165, 1.54) is 0 Å². The Labute approximate surface area is 183 Å². The molecule has 1 aromatic heterocycles. The zero-order valence-electron chi connectivity index (χ0n) is 18.4. The second-order valence-electron chi connectivity index (χ2n) is 7.80. The summed E-state index contributed by atoms with van der Waals surface area (Å²) in [5.74, 6) is 0.369. The first-order valence-corrected chi connectivity index (χ1v) is 10.7. The molecule has 1 aromatic rings. The fraction of sp³-hybridized carbons (Fsp3) is 0.667. The molecule has 0 fully saturated rings. The SMILES string of the molecule is CC(C)C.CCOC(=O)C1=CN2CCn3nc(OCCCOC)c(Cl)c3C2CC1=O. The normalized spacial score (nSPS) is 17.6. The second kappa shape index (κ2) is 11.4. The highest BCUT2D eigenvalue weighted by Gasteiger charge is 2.39. The van der Waals surface area contributed by atoms with E-state index in [0.29, 0.717) is 37.2 Å². The van der Waals surface area contributed by atoms with E-state index in [1.54, 1.807) is 24.9 Å². The minimum absolute atomic E-state index is 0.0863. The average molecular weight is 442 g/mol. The summed E-state index contributed by atoms with van der Waals surface area (Å²) in [6.45, 7) is 10.7. The number of ether oxygens (including phenoxy) is 3. The summed E-state index contributed by atoms with van der Waals surface area (Å²) in [5, 5.41) is 4.83. The molecule has 0 spiro atoms. The van der Waals surface area contributed by atoms with Crippen LogP contribution in [0, 0.1) is 5.92 Å². The molecule has 168 valence electrons. The van der Waals surface area contributed by atoms with Crippen molar-refractivity contribution in [1.82, 2.24) is 14.7 Å². The van der Waals surface area contributed by atoms with Crippen LogP contribution >= 0.6 is 11.6 Å². The summed E-state index contributed by atoms with van der Waals surface area (Å²) in [7, 11) is 1.63. The number of rotatable bonds is 7. The van der Waals surface area contributed by atoms with Crippen molar-refractivity contribution >= 4 is 23.4 Å². The van der Waals surface area contributed by atoms with Gasteiger partial charge in [-0.15, -0.1) is 5.10 Å². The van der Waals surface area contributed by atoms with Crippen LogP contribution in [-0.2, 0) is 25.6 Å². The van der Waals surface area contributed by atoms with Gasteiger partial charge in [0.2, 0.25) is 0 Å². The van der Waals surface area contributed by atoms with Gasteiger partial charge >= 0.3 is 5.97 Å². The van der Waals surface area contributed by atoms with Crippen molar-refractivity contribution in [3.05, 3.63) is 22.5 Å². The van der Waals surface area contributed by atoms with Gasteiger partial charge in [0.1, 0.15) is 10.6 Å². The summed E-state index contributed by atoms with van der Waals surface area (Å²) < 4.78 is 17.4. The monoisotopic (exact) mass is 441 g/mol. The Kier molecular flexibility index (Phi) is 9.17. The number of esters is 1. The fourth-order valence-electron chi connectivity index (χ4n) is 3.17. The first-order valence-electron chi connectivity index (χ1n) is 10.4. The minimum Gasteiger partial charge on any atom is -0.475 e. The van der Waals surface area contributed by atoms with Gasteiger partial charge in [-0.2, -0.15) is 0 Å². The maximum Gasteiger partial charge on any atom is 0.343 e. The molecule has 1 unspecified atom stereocenters. The summed E-state index contributed by atoms with van der Waals surface area (Å²) in [4.78, 5) is 26.3. The number of hydrogen-bond donors (Lipinski definition) is 0. The topological polar surface area (TPSA) is 82.9 Å². The van der Waals surface area contributed by atoms with E-state index in [9.17, 15) is 9.59 Å². The van der Waals surface area contributed by atoms with Crippen LogP contribution in [0.1, 0.15) is 52.3 Å². The van der Waals surface area contributed by atoms with Crippen molar-refractivity contribution in [2.45, 2.75) is 53.1 Å². The standard InChI is InChI=1S/C17H22ClN3O5.C4H10/c1-3-25-17(23)11-10-20-5-6-21-15(12(20)9-13(11)22)14(18)16(19-21)26-8-4-7-24-2;1-4(2)3/h10,12H,3-9H2,1-2H3;4H,1-3H3. The summed E-state index contributed by atoms with van der Waals surface area (Å²) >= 11 is 6.48. The zero-order chi connectivity index (χ0) is 22.3. The molecular weight excluding hydrogens is 410 g/mol. The van der Waals surface area contributed by atoms with Crippen LogP contribution in [0.25, 0.3) is 0 Å². The van der Waals surface area contributed by atoms with E-state index in [4.69, 9.17) is 25.8 Å². The number of nitrogens with zero attached hydrogens (tertiary/aromatic N) is 3. The largest absolute Gasteiger partial charge is 0.475 e. The van der Waals surface area contributed by atoms with Crippen LogP contribution in [0.4, 0.5) is 0 Å². The summed E-state index contributed by atoms with van der Waals surface area (Å²) in [6, 6.07) is -0.259. The van der Waals surface area contributed by atoms with Crippen LogP contribution in [0.2, 0.25) is 5.02 Å². The maximum absolute atomic E-state index is 12.4. The predicted octanol–water partition coefficient (Wildman–Crippen LogP) is 3.39. The Morgan fingerprint density at radius 2 is 2.00 bits per heavy atom. The molecule has 0 saturated carbocycles. The van der Waals surface area contributed by atoms with Crippen molar-refractivity contribution in [2.24, 2.45) is 5.92 Å². The second-order valence-corrected chi connectivity index (χ2v) is 8.18. The minimum atomic E-state index is -0.580. The lowest BCUT2D eigenvalue weighted by Crippen LogP contribution is -2.40. The fourth-order valence-corrected chi connectivity index (χ4v) is 3.49. The van der Waals surface area contributed by atoms with Gasteiger partial charge in [0.25, 0.3) is 5.88 Å². The quantitative estimate of drug-likeness (QED) is 0.364. The molecule has 1 atom stereocenters. The molecule has 0 N–H and O–H groups in total. The lowest BCUT2D eigenvalue weighted by Gasteiger charge is -2.38. The highest BCUT2D eigenvalue weighted by molar-refractivity contribution is 6.32. The smallest absolute Gasteiger partial charge is 0.343 e. The van der Waals surface area contributed by atoms with E-state index < -0.39 is 5.97 Å². The van der Waals surface area contributed by atoms with Crippen molar-refractivity contribution < 1.29 is 23.8 Å². The van der Waals surface area contributed by atoms with Gasteiger partial charge in [-0.3, -0.25) is 9.48 Å². The first-order chi connectivity index (χ1) is 14.3. The number of aromatic nitrogens is 2. The molecule has 3 rings (SSSR count). The van der Waals surface area contributed by atoms with Crippen LogP contribution in [0.3, 0.4) is 0 Å². The number of fused-ring (bicyclic) bond motifs is 3. The predicted molar refractivity (Wildman–Crippen MR) is 114 cm³/mol. The first kappa shape index (κ1) is 24.2. The molecule has 8 nitrogen and oxygen atoms in total. The maximum atomic E-state index is 12.4. The third kappa shape index (κ3) is 5.98. The molecule has 0 radical (unpaired) electrons. The van der Waals surface area contributed by atoms with Gasteiger partial charge in [-0.25, -0.2) is 4.79 Å². The lowest BCUT2D eigenvalue weighted by molar-refractivity contribution is -0.140. The molecular formula is C21H32ClN3O5. The molecule has 3 heterocycles. The molecule has 9 heteroatoms. The number of hydrogen-bond acceptors (Lipinski definition) is 7. The molecule has 30 heavy (non-hydrogen) atoms. The lowest BCUT2D eigenvalue weighted by atomic mass is 9.95. The molecule has 0 amide bonds. The highest BCUT2D eigenvalue weighted by atomic mass is 35.5. The number of ketones is 1. The van der Waals surface area contributed by atoms with E-state index in [2.05, 4.69) is 25.9 Å². The highest BCUT2D eigenvalue weighted by Crippen LogP contribution is 2.41. The number of carbonyl (C=O) groups is 2. The van der Waals surface area contributed by atoms with Gasteiger partial charge in [0, 0.05) is 39.3 Å². The molecule has 0 saturated heterocycles. The van der Waals surface area contributed by atoms with Crippen molar-refractivity contribution in [3.63, 3.8) is 0 Å². The Hall–Kier alpha value is -2.06. The van der Waals surface area contributed by atoms with Gasteiger partial charge < -0.3 is 19.1 Å². The third-order valence-corrected chi connectivity index (χ3v) is 4.74. The molecule has 0 bridgehead atoms. The van der Waals surface area contributed by atoms with E-state index >= 15 is 0 Å². The Bertz CT molecular complexity index is 772. The number of halogens is 1. The summed E-state index contributed by atoms with van der Waals surface area (Å²) in [6.07, 6.45) is 2.47. The van der Waals surface area contributed by atoms with Crippen molar-refractivity contribution in [2.75, 3.05) is 33.5 Å². The molecule has 2 aliphatic heterocycles. The molecule has 2 aliphatic rings. The van der Waals surface area contributed by atoms with Gasteiger partial charge in [-0.05, 0) is 12.8 Å².